The second-order valence-electron chi connectivity index (χ2n) is 4.70. The number of aromatic amines is 1. The predicted molar refractivity (Wildman–Crippen MR) is 88.1 cm³/mol. The number of nitrogens with zero attached hydrogens (tertiary/aromatic N) is 4. The summed E-state index contributed by atoms with van der Waals surface area (Å²) in [5.41, 5.74) is 1.96. The molecule has 23 heavy (non-hydrogen) atoms. The highest BCUT2D eigenvalue weighted by atomic mass is 35.5. The van der Waals surface area contributed by atoms with E-state index in [1.807, 2.05) is 18.2 Å². The smallest absolute Gasteiger partial charge is 0.233 e. The zero-order chi connectivity index (χ0) is 16.2. The highest BCUT2D eigenvalue weighted by Gasteiger charge is 2.18. The number of aromatic nitrogens is 5. The lowest BCUT2D eigenvalue weighted by molar-refractivity contribution is -0.120. The first-order valence-electron chi connectivity index (χ1n) is 6.84. The van der Waals surface area contributed by atoms with Crippen LogP contribution in [0.15, 0.2) is 35.7 Å². The van der Waals surface area contributed by atoms with Crippen molar-refractivity contribution < 1.29 is 4.79 Å². The van der Waals surface area contributed by atoms with Crippen molar-refractivity contribution in [2.24, 2.45) is 0 Å². The van der Waals surface area contributed by atoms with Crippen LogP contribution in [0.3, 0.4) is 0 Å². The fourth-order valence-electron chi connectivity index (χ4n) is 1.91. The van der Waals surface area contributed by atoms with Gasteiger partial charge in [0, 0.05) is 6.20 Å². The molecule has 1 unspecified atom stereocenters. The van der Waals surface area contributed by atoms with Crippen molar-refractivity contribution >= 4 is 40.4 Å². The third kappa shape index (κ3) is 3.77. The summed E-state index contributed by atoms with van der Waals surface area (Å²) in [6, 6.07) is 5.57. The standard InChI is InChI=1S/C14H13ClN6OS/c1-8(12(22)17-6-9-4-2-3-5-16-9)23-13-10-11(19-7-18-10)20-14(15)21-13/h2-5,7-8H,6H2,1H3,(H,17,22)(H,18,19,20,21). The maximum Gasteiger partial charge on any atom is 0.233 e. The lowest BCUT2D eigenvalue weighted by Crippen LogP contribution is -2.30. The molecular weight excluding hydrogens is 336 g/mol. The van der Waals surface area contributed by atoms with E-state index in [-0.39, 0.29) is 16.4 Å². The first kappa shape index (κ1) is 15.7. The van der Waals surface area contributed by atoms with Crippen molar-refractivity contribution in [1.29, 1.82) is 0 Å². The Balaban J connectivity index is 1.67. The second kappa shape index (κ2) is 6.93. The van der Waals surface area contributed by atoms with Crippen molar-refractivity contribution in [1.82, 2.24) is 30.2 Å². The first-order valence-corrected chi connectivity index (χ1v) is 8.10. The molecule has 1 atom stereocenters. The molecule has 0 spiro atoms. The van der Waals surface area contributed by atoms with E-state index in [0.717, 1.165) is 5.69 Å². The molecule has 3 heterocycles. The molecule has 3 aromatic heterocycles. The van der Waals surface area contributed by atoms with Gasteiger partial charge in [0.05, 0.1) is 23.8 Å². The number of H-pyrrole nitrogens is 1. The summed E-state index contributed by atoms with van der Waals surface area (Å²) >= 11 is 7.18. The zero-order valence-corrected chi connectivity index (χ0v) is 13.7. The Bertz CT molecular complexity index is 825. The van der Waals surface area contributed by atoms with Gasteiger partial charge in [-0.05, 0) is 30.7 Å². The van der Waals surface area contributed by atoms with Gasteiger partial charge in [0.1, 0.15) is 10.5 Å². The van der Waals surface area contributed by atoms with E-state index in [9.17, 15) is 4.79 Å². The van der Waals surface area contributed by atoms with Crippen LogP contribution in [0.5, 0.6) is 0 Å². The number of carbonyl (C=O) groups is 1. The number of hydrogen-bond acceptors (Lipinski definition) is 6. The van der Waals surface area contributed by atoms with Gasteiger partial charge in [-0.1, -0.05) is 17.8 Å². The fourth-order valence-corrected chi connectivity index (χ4v) is 3.06. The average molecular weight is 349 g/mol. The van der Waals surface area contributed by atoms with Gasteiger partial charge in [-0.2, -0.15) is 4.98 Å². The minimum absolute atomic E-state index is 0.105. The molecule has 0 radical (unpaired) electrons. The van der Waals surface area contributed by atoms with Crippen LogP contribution in [0.4, 0.5) is 0 Å². The molecule has 3 rings (SSSR count). The number of imidazole rings is 1. The maximum absolute atomic E-state index is 12.2. The van der Waals surface area contributed by atoms with Crippen LogP contribution in [0.2, 0.25) is 5.28 Å². The molecule has 7 nitrogen and oxygen atoms in total. The third-order valence-corrected chi connectivity index (χ3v) is 4.31. The van der Waals surface area contributed by atoms with Gasteiger partial charge in [-0.25, -0.2) is 9.97 Å². The zero-order valence-electron chi connectivity index (χ0n) is 12.2. The molecule has 0 aliphatic carbocycles. The van der Waals surface area contributed by atoms with Crippen molar-refractivity contribution in [2.45, 2.75) is 23.7 Å². The van der Waals surface area contributed by atoms with E-state index < -0.39 is 0 Å². The number of nitrogens with one attached hydrogen (secondary N) is 2. The highest BCUT2D eigenvalue weighted by Crippen LogP contribution is 2.27. The molecule has 0 aromatic carbocycles. The average Bonchev–Trinajstić information content (AvgIpc) is 3.02. The van der Waals surface area contributed by atoms with Gasteiger partial charge in [-0.15, -0.1) is 0 Å². The summed E-state index contributed by atoms with van der Waals surface area (Å²) in [4.78, 5) is 31.6. The maximum atomic E-state index is 12.2. The number of pyridine rings is 1. The summed E-state index contributed by atoms with van der Waals surface area (Å²) < 4.78 is 0. The van der Waals surface area contributed by atoms with E-state index in [1.54, 1.807) is 13.1 Å². The summed E-state index contributed by atoms with van der Waals surface area (Å²) in [5.74, 6) is -0.108. The highest BCUT2D eigenvalue weighted by molar-refractivity contribution is 8.00. The van der Waals surface area contributed by atoms with Crippen molar-refractivity contribution in [3.8, 4) is 0 Å². The lowest BCUT2D eigenvalue weighted by atomic mass is 10.3. The quantitative estimate of drug-likeness (QED) is 0.417. The Kier molecular flexibility index (Phi) is 4.73. The van der Waals surface area contributed by atoms with Crippen LogP contribution in [-0.4, -0.2) is 36.1 Å². The molecule has 3 aromatic rings. The third-order valence-electron chi connectivity index (χ3n) is 3.05. The van der Waals surface area contributed by atoms with E-state index in [1.165, 1.54) is 18.1 Å². The van der Waals surface area contributed by atoms with E-state index in [0.29, 0.717) is 22.7 Å². The van der Waals surface area contributed by atoms with Crippen LogP contribution in [0, 0.1) is 0 Å². The van der Waals surface area contributed by atoms with Crippen LogP contribution in [-0.2, 0) is 11.3 Å². The predicted octanol–water partition coefficient (Wildman–Crippen LogP) is 2.20. The van der Waals surface area contributed by atoms with Gasteiger partial charge in [0.25, 0.3) is 0 Å². The van der Waals surface area contributed by atoms with Gasteiger partial charge >= 0.3 is 0 Å². The molecule has 0 aliphatic rings. The van der Waals surface area contributed by atoms with E-state index >= 15 is 0 Å². The topological polar surface area (TPSA) is 96.5 Å². The number of rotatable bonds is 5. The summed E-state index contributed by atoms with van der Waals surface area (Å²) in [7, 11) is 0. The van der Waals surface area contributed by atoms with Gasteiger partial charge in [0.15, 0.2) is 5.65 Å². The summed E-state index contributed by atoms with van der Waals surface area (Å²) in [6.45, 7) is 2.19. The Labute approximate surface area is 141 Å². The first-order chi connectivity index (χ1) is 11.1. The molecule has 0 bridgehead atoms. The molecule has 2 N–H and O–H groups in total. The summed E-state index contributed by atoms with van der Waals surface area (Å²) in [6.07, 6.45) is 3.21. The van der Waals surface area contributed by atoms with Crippen molar-refractivity contribution in [3.63, 3.8) is 0 Å². The number of amides is 1. The number of carbonyl (C=O) groups excluding carboxylic acids is 1. The Morgan fingerprint density at radius 3 is 3.04 bits per heavy atom. The van der Waals surface area contributed by atoms with Crippen molar-refractivity contribution in [2.75, 3.05) is 0 Å². The van der Waals surface area contributed by atoms with E-state index in [2.05, 4.69) is 30.2 Å². The molecule has 0 saturated heterocycles. The van der Waals surface area contributed by atoms with Gasteiger partial charge in [0.2, 0.25) is 11.2 Å². The Hall–Kier alpha value is -2.19. The largest absolute Gasteiger partial charge is 0.349 e. The summed E-state index contributed by atoms with van der Waals surface area (Å²) in [5, 5.41) is 3.20. The Morgan fingerprint density at radius 2 is 2.26 bits per heavy atom. The van der Waals surface area contributed by atoms with Crippen LogP contribution < -0.4 is 5.32 Å². The van der Waals surface area contributed by atoms with Gasteiger partial charge < -0.3 is 10.3 Å². The molecule has 0 fully saturated rings. The van der Waals surface area contributed by atoms with Crippen LogP contribution in [0.1, 0.15) is 12.6 Å². The van der Waals surface area contributed by atoms with E-state index in [4.69, 9.17) is 11.6 Å². The number of fused-ring (bicyclic) bond motifs is 1. The molecule has 9 heteroatoms. The molecule has 0 aliphatic heterocycles. The van der Waals surface area contributed by atoms with Crippen LogP contribution >= 0.6 is 23.4 Å². The normalized spacial score (nSPS) is 12.3. The second-order valence-corrected chi connectivity index (χ2v) is 6.37. The molecule has 0 saturated carbocycles. The molecule has 118 valence electrons. The lowest BCUT2D eigenvalue weighted by Gasteiger charge is -2.11. The Morgan fingerprint density at radius 1 is 1.39 bits per heavy atom. The number of halogens is 1. The number of hydrogen-bond donors (Lipinski definition) is 2. The molecule has 1 amide bonds. The molecular formula is C14H13ClN6OS. The number of thioether (sulfide) groups is 1. The monoisotopic (exact) mass is 348 g/mol. The fraction of sp³-hybridized carbons (Fsp3) is 0.214. The SMILES string of the molecule is CC(Sc1nc(Cl)nc2nc[nH]c12)C(=O)NCc1ccccn1. The van der Waals surface area contributed by atoms with Crippen molar-refractivity contribution in [3.05, 3.63) is 41.7 Å². The van der Waals surface area contributed by atoms with Crippen LogP contribution in [0.25, 0.3) is 11.2 Å². The van der Waals surface area contributed by atoms with Gasteiger partial charge in [-0.3, -0.25) is 9.78 Å². The minimum Gasteiger partial charge on any atom is -0.349 e. The minimum atomic E-state index is -0.351.